The second kappa shape index (κ2) is 5.41. The summed E-state index contributed by atoms with van der Waals surface area (Å²) in [4.78, 5) is 4.07. The molecule has 0 aliphatic heterocycles. The first-order valence-corrected chi connectivity index (χ1v) is 6.02. The first kappa shape index (κ1) is 12.9. The molecule has 0 radical (unpaired) electrons. The van der Waals surface area contributed by atoms with Gasteiger partial charge in [0.2, 0.25) is 0 Å². The maximum atomic E-state index is 6.00. The van der Waals surface area contributed by atoms with Crippen molar-refractivity contribution in [3.63, 3.8) is 0 Å². The second-order valence-corrected chi connectivity index (χ2v) is 4.54. The molecule has 8 heteroatoms. The third kappa shape index (κ3) is 2.83. The van der Waals surface area contributed by atoms with Crippen LogP contribution in [0.5, 0.6) is 0 Å². The number of aryl methyl sites for hydroxylation is 1. The monoisotopic (exact) mass is 286 g/mol. The molecule has 0 saturated heterocycles. The van der Waals surface area contributed by atoms with Crippen molar-refractivity contribution in [2.75, 3.05) is 17.6 Å². The molecule has 0 aliphatic carbocycles. The van der Waals surface area contributed by atoms with Gasteiger partial charge in [0, 0.05) is 20.0 Å². The SMILES string of the molecule is Cn1cnnc1CCNc1nc(N)c(Cl)cc1Cl. The lowest BCUT2D eigenvalue weighted by molar-refractivity contribution is 0.787. The van der Waals surface area contributed by atoms with E-state index in [0.29, 0.717) is 28.8 Å². The number of aromatic nitrogens is 4. The van der Waals surface area contributed by atoms with E-state index in [-0.39, 0.29) is 5.82 Å². The number of hydrogen-bond donors (Lipinski definition) is 2. The van der Waals surface area contributed by atoms with Gasteiger partial charge in [0.1, 0.15) is 23.8 Å². The summed E-state index contributed by atoms with van der Waals surface area (Å²) in [6.45, 7) is 0.625. The van der Waals surface area contributed by atoms with Gasteiger partial charge in [0.25, 0.3) is 0 Å². The number of hydrogen-bond acceptors (Lipinski definition) is 5. The summed E-state index contributed by atoms with van der Waals surface area (Å²) < 4.78 is 1.85. The van der Waals surface area contributed by atoms with Gasteiger partial charge in [-0.25, -0.2) is 4.98 Å². The number of anilines is 2. The third-order valence-electron chi connectivity index (χ3n) is 2.40. The quantitative estimate of drug-likeness (QED) is 0.895. The molecule has 2 heterocycles. The number of pyridine rings is 1. The van der Waals surface area contributed by atoms with E-state index in [0.717, 1.165) is 5.82 Å². The van der Waals surface area contributed by atoms with Crippen LogP contribution in [0, 0.1) is 0 Å². The number of rotatable bonds is 4. The molecule has 2 aromatic rings. The molecule has 96 valence electrons. The van der Waals surface area contributed by atoms with E-state index in [1.165, 1.54) is 0 Å². The van der Waals surface area contributed by atoms with Gasteiger partial charge in [-0.3, -0.25) is 0 Å². The number of nitrogens with two attached hydrogens (primary N) is 1. The predicted octanol–water partition coefficient (Wildman–Crippen LogP) is 1.75. The van der Waals surface area contributed by atoms with Crippen LogP contribution in [0.4, 0.5) is 11.6 Å². The summed E-state index contributed by atoms with van der Waals surface area (Å²) >= 11 is 11.8. The van der Waals surface area contributed by atoms with E-state index in [9.17, 15) is 0 Å². The van der Waals surface area contributed by atoms with Gasteiger partial charge in [-0.1, -0.05) is 23.2 Å². The topological polar surface area (TPSA) is 81.7 Å². The largest absolute Gasteiger partial charge is 0.382 e. The minimum absolute atomic E-state index is 0.252. The molecule has 3 N–H and O–H groups in total. The molecular weight excluding hydrogens is 275 g/mol. The fourth-order valence-corrected chi connectivity index (χ4v) is 1.86. The first-order chi connectivity index (χ1) is 8.58. The maximum Gasteiger partial charge on any atom is 0.147 e. The van der Waals surface area contributed by atoms with E-state index in [1.54, 1.807) is 12.4 Å². The lowest BCUT2D eigenvalue weighted by Gasteiger charge is -2.08. The Kier molecular flexibility index (Phi) is 3.88. The van der Waals surface area contributed by atoms with Crippen LogP contribution in [0.1, 0.15) is 5.82 Å². The Labute approximate surface area is 114 Å². The Hall–Kier alpha value is -1.53. The Morgan fingerprint density at radius 3 is 2.83 bits per heavy atom. The summed E-state index contributed by atoms with van der Waals surface area (Å²) in [5.74, 6) is 1.64. The van der Waals surface area contributed by atoms with Crippen LogP contribution in [-0.4, -0.2) is 26.3 Å². The van der Waals surface area contributed by atoms with Gasteiger partial charge >= 0.3 is 0 Å². The molecule has 0 aromatic carbocycles. The van der Waals surface area contributed by atoms with E-state index >= 15 is 0 Å². The van der Waals surface area contributed by atoms with Crippen LogP contribution in [0.25, 0.3) is 0 Å². The zero-order valence-electron chi connectivity index (χ0n) is 9.69. The van der Waals surface area contributed by atoms with Gasteiger partial charge < -0.3 is 15.6 Å². The fourth-order valence-electron chi connectivity index (χ4n) is 1.43. The van der Waals surface area contributed by atoms with E-state index in [1.807, 2.05) is 11.6 Å². The van der Waals surface area contributed by atoms with Crippen LogP contribution < -0.4 is 11.1 Å². The Bertz CT molecular complexity index is 553. The van der Waals surface area contributed by atoms with Crippen molar-refractivity contribution < 1.29 is 0 Å². The molecule has 18 heavy (non-hydrogen) atoms. The summed E-state index contributed by atoms with van der Waals surface area (Å²) in [6, 6.07) is 1.57. The van der Waals surface area contributed by atoms with Gasteiger partial charge in [-0.15, -0.1) is 10.2 Å². The highest BCUT2D eigenvalue weighted by Gasteiger charge is 2.07. The van der Waals surface area contributed by atoms with E-state index < -0.39 is 0 Å². The van der Waals surface area contributed by atoms with Crippen LogP contribution in [0.2, 0.25) is 10.0 Å². The summed E-state index contributed by atoms with van der Waals surface area (Å²) in [5.41, 5.74) is 5.61. The highest BCUT2D eigenvalue weighted by Crippen LogP contribution is 2.27. The fraction of sp³-hybridized carbons (Fsp3) is 0.300. The number of nitrogens with one attached hydrogen (secondary N) is 1. The molecule has 2 rings (SSSR count). The number of nitrogens with zero attached hydrogens (tertiary/aromatic N) is 4. The number of halogens is 2. The highest BCUT2D eigenvalue weighted by atomic mass is 35.5. The molecule has 0 unspecified atom stereocenters. The molecule has 0 amide bonds. The molecule has 0 fully saturated rings. The van der Waals surface area contributed by atoms with Gasteiger partial charge in [-0.05, 0) is 6.07 Å². The Morgan fingerprint density at radius 2 is 2.17 bits per heavy atom. The van der Waals surface area contributed by atoms with E-state index in [2.05, 4.69) is 20.5 Å². The first-order valence-electron chi connectivity index (χ1n) is 5.26. The van der Waals surface area contributed by atoms with Crippen molar-refractivity contribution in [2.24, 2.45) is 7.05 Å². The molecule has 0 bridgehead atoms. The van der Waals surface area contributed by atoms with Crippen molar-refractivity contribution in [1.29, 1.82) is 0 Å². The van der Waals surface area contributed by atoms with Crippen LogP contribution in [0.15, 0.2) is 12.4 Å². The van der Waals surface area contributed by atoms with Crippen LogP contribution in [0.3, 0.4) is 0 Å². The smallest absolute Gasteiger partial charge is 0.147 e. The summed E-state index contributed by atoms with van der Waals surface area (Å²) in [6.07, 6.45) is 2.36. The molecule has 2 aromatic heterocycles. The molecule has 0 spiro atoms. The molecule has 6 nitrogen and oxygen atoms in total. The summed E-state index contributed by atoms with van der Waals surface area (Å²) in [5, 5.41) is 11.6. The Balaban J connectivity index is 1.99. The minimum atomic E-state index is 0.252. The number of nitrogen functional groups attached to an aromatic ring is 1. The zero-order valence-corrected chi connectivity index (χ0v) is 11.2. The average molecular weight is 287 g/mol. The molecule has 0 saturated carbocycles. The lowest BCUT2D eigenvalue weighted by atomic mass is 10.3. The van der Waals surface area contributed by atoms with Crippen molar-refractivity contribution >= 4 is 34.8 Å². The van der Waals surface area contributed by atoms with Crippen LogP contribution >= 0.6 is 23.2 Å². The van der Waals surface area contributed by atoms with Crippen LogP contribution in [-0.2, 0) is 13.5 Å². The standard InChI is InChI=1S/C10H12Cl2N6/c1-18-5-15-17-8(18)2-3-14-10-7(12)4-6(11)9(13)16-10/h4-5H,2-3H2,1H3,(H3,13,14,16). The average Bonchev–Trinajstić information content (AvgIpc) is 2.72. The molecular formula is C10H12Cl2N6. The molecule has 0 aliphatic rings. The van der Waals surface area contributed by atoms with Crippen molar-refractivity contribution in [3.8, 4) is 0 Å². The van der Waals surface area contributed by atoms with Crippen molar-refractivity contribution in [1.82, 2.24) is 19.7 Å². The van der Waals surface area contributed by atoms with Gasteiger partial charge in [-0.2, -0.15) is 0 Å². The predicted molar refractivity (Wildman–Crippen MR) is 71.9 cm³/mol. The minimum Gasteiger partial charge on any atom is -0.382 e. The van der Waals surface area contributed by atoms with Crippen molar-refractivity contribution in [3.05, 3.63) is 28.3 Å². The van der Waals surface area contributed by atoms with Gasteiger partial charge in [0.05, 0.1) is 10.0 Å². The lowest BCUT2D eigenvalue weighted by Crippen LogP contribution is -2.10. The Morgan fingerprint density at radius 1 is 1.39 bits per heavy atom. The second-order valence-electron chi connectivity index (χ2n) is 3.72. The van der Waals surface area contributed by atoms with Gasteiger partial charge in [0.15, 0.2) is 0 Å². The summed E-state index contributed by atoms with van der Waals surface area (Å²) in [7, 11) is 1.89. The van der Waals surface area contributed by atoms with E-state index in [4.69, 9.17) is 28.9 Å². The van der Waals surface area contributed by atoms with Crippen molar-refractivity contribution in [2.45, 2.75) is 6.42 Å². The zero-order chi connectivity index (χ0) is 13.1. The third-order valence-corrected chi connectivity index (χ3v) is 2.99. The highest BCUT2D eigenvalue weighted by molar-refractivity contribution is 6.37. The molecule has 0 atom stereocenters. The maximum absolute atomic E-state index is 6.00. The normalized spacial score (nSPS) is 10.6.